The number of nitrogens with zero attached hydrogens (tertiary/aromatic N) is 1. The van der Waals surface area contributed by atoms with Crippen LogP contribution in [-0.2, 0) is 4.74 Å². The van der Waals surface area contributed by atoms with Crippen molar-refractivity contribution in [2.75, 3.05) is 55.5 Å². The Morgan fingerprint density at radius 1 is 0.970 bits per heavy atom. The lowest BCUT2D eigenvalue weighted by Crippen LogP contribution is -2.33. The van der Waals surface area contributed by atoms with Crippen molar-refractivity contribution in [2.45, 2.75) is 32.6 Å². The Hall–Kier alpha value is -3.26. The molecule has 0 aliphatic carbocycles. The molecule has 3 N–H and O–H groups in total. The van der Waals surface area contributed by atoms with Crippen LogP contribution in [0, 0.1) is 0 Å². The van der Waals surface area contributed by atoms with Crippen LogP contribution < -0.4 is 25.6 Å². The maximum atomic E-state index is 13.0. The van der Waals surface area contributed by atoms with E-state index < -0.39 is 0 Å². The molecule has 0 saturated carbocycles. The van der Waals surface area contributed by atoms with Crippen molar-refractivity contribution in [2.24, 2.45) is 0 Å². The minimum Gasteiger partial charge on any atom is -0.494 e. The van der Waals surface area contributed by atoms with Crippen molar-refractivity contribution >= 4 is 29.0 Å². The van der Waals surface area contributed by atoms with Gasteiger partial charge in [0, 0.05) is 50.4 Å². The number of benzene rings is 2. The fourth-order valence-electron chi connectivity index (χ4n) is 3.81. The monoisotopic (exact) mass is 454 g/mol. The maximum Gasteiger partial charge on any atom is 0.323 e. The van der Waals surface area contributed by atoms with E-state index in [0.717, 1.165) is 43.8 Å². The summed E-state index contributed by atoms with van der Waals surface area (Å²) in [6.07, 6.45) is 4.17. The van der Waals surface area contributed by atoms with E-state index in [2.05, 4.69) is 20.9 Å². The zero-order valence-corrected chi connectivity index (χ0v) is 19.5. The summed E-state index contributed by atoms with van der Waals surface area (Å²) in [5.41, 5.74) is 2.67. The van der Waals surface area contributed by atoms with Crippen molar-refractivity contribution in [3.63, 3.8) is 0 Å². The molecule has 1 aliphatic rings. The van der Waals surface area contributed by atoms with E-state index in [-0.39, 0.29) is 11.9 Å². The van der Waals surface area contributed by atoms with E-state index in [9.17, 15) is 9.59 Å². The Morgan fingerprint density at radius 2 is 1.67 bits per heavy atom. The molecule has 2 aromatic carbocycles. The molecule has 3 rings (SSSR count). The summed E-state index contributed by atoms with van der Waals surface area (Å²) in [4.78, 5) is 27.7. The second-order valence-corrected chi connectivity index (χ2v) is 7.92. The van der Waals surface area contributed by atoms with Gasteiger partial charge in [-0.2, -0.15) is 0 Å². The minimum absolute atomic E-state index is 0.151. The van der Waals surface area contributed by atoms with Crippen molar-refractivity contribution in [1.82, 2.24) is 5.32 Å². The van der Waals surface area contributed by atoms with Gasteiger partial charge in [-0.3, -0.25) is 4.79 Å². The highest BCUT2D eigenvalue weighted by Crippen LogP contribution is 2.27. The first-order valence-corrected chi connectivity index (χ1v) is 11.6. The van der Waals surface area contributed by atoms with Gasteiger partial charge in [0.25, 0.3) is 5.91 Å². The molecular weight excluding hydrogens is 420 g/mol. The first kappa shape index (κ1) is 24.4. The molecule has 8 heteroatoms. The van der Waals surface area contributed by atoms with Gasteiger partial charge in [0.15, 0.2) is 0 Å². The van der Waals surface area contributed by atoms with Crippen LogP contribution in [0.4, 0.5) is 21.9 Å². The predicted octanol–water partition coefficient (Wildman–Crippen LogP) is 4.49. The molecule has 33 heavy (non-hydrogen) atoms. The van der Waals surface area contributed by atoms with Crippen LogP contribution in [0.1, 0.15) is 43.0 Å². The predicted molar refractivity (Wildman–Crippen MR) is 132 cm³/mol. The molecule has 2 aromatic rings. The summed E-state index contributed by atoms with van der Waals surface area (Å²) in [5.74, 6) is 0.597. The number of piperidine rings is 1. The fourth-order valence-corrected chi connectivity index (χ4v) is 3.81. The summed E-state index contributed by atoms with van der Waals surface area (Å²) in [6.45, 7) is 5.48. The largest absolute Gasteiger partial charge is 0.494 e. The van der Waals surface area contributed by atoms with Gasteiger partial charge >= 0.3 is 6.03 Å². The Kier molecular flexibility index (Phi) is 9.38. The van der Waals surface area contributed by atoms with Gasteiger partial charge in [-0.05, 0) is 75.1 Å². The molecule has 0 bridgehead atoms. The number of hydrogen-bond acceptors (Lipinski definition) is 5. The van der Waals surface area contributed by atoms with Crippen molar-refractivity contribution < 1.29 is 19.1 Å². The SMILES string of the molecule is CCOc1ccc(NC(=O)Nc2ccc(N3CCCCC3)c(C(=O)NCCCOC)c2)cc1. The van der Waals surface area contributed by atoms with Crippen LogP contribution in [0.2, 0.25) is 0 Å². The summed E-state index contributed by atoms with van der Waals surface area (Å²) in [6, 6.07) is 12.3. The third kappa shape index (κ3) is 7.39. The Bertz CT molecular complexity index is 911. The first-order chi connectivity index (χ1) is 16.1. The highest BCUT2D eigenvalue weighted by atomic mass is 16.5. The summed E-state index contributed by atoms with van der Waals surface area (Å²) >= 11 is 0. The molecule has 0 radical (unpaired) electrons. The van der Waals surface area contributed by atoms with Crippen LogP contribution in [0.25, 0.3) is 0 Å². The van der Waals surface area contributed by atoms with E-state index in [4.69, 9.17) is 9.47 Å². The van der Waals surface area contributed by atoms with Crippen LogP contribution in [0.15, 0.2) is 42.5 Å². The Balaban J connectivity index is 1.70. The summed E-state index contributed by atoms with van der Waals surface area (Å²) in [5, 5.41) is 8.60. The molecule has 1 fully saturated rings. The van der Waals surface area contributed by atoms with Crippen molar-refractivity contribution in [3.8, 4) is 5.75 Å². The van der Waals surface area contributed by atoms with Crippen LogP contribution in [0.3, 0.4) is 0 Å². The number of nitrogens with one attached hydrogen (secondary N) is 3. The highest BCUT2D eigenvalue weighted by molar-refractivity contribution is 6.04. The van der Waals surface area contributed by atoms with E-state index in [1.54, 1.807) is 37.4 Å². The van der Waals surface area contributed by atoms with E-state index in [0.29, 0.717) is 36.7 Å². The molecule has 0 spiro atoms. The lowest BCUT2D eigenvalue weighted by atomic mass is 10.1. The Morgan fingerprint density at radius 3 is 2.36 bits per heavy atom. The number of methoxy groups -OCH3 is 1. The van der Waals surface area contributed by atoms with Gasteiger partial charge in [-0.25, -0.2) is 4.79 Å². The third-order valence-electron chi connectivity index (χ3n) is 5.43. The van der Waals surface area contributed by atoms with Gasteiger partial charge in [-0.1, -0.05) is 0 Å². The zero-order chi connectivity index (χ0) is 23.5. The third-order valence-corrected chi connectivity index (χ3v) is 5.43. The molecule has 1 heterocycles. The number of hydrogen-bond donors (Lipinski definition) is 3. The standard InChI is InChI=1S/C25H34N4O4/c1-3-33-21-11-8-19(9-12-21)27-25(31)28-20-10-13-23(29-15-5-4-6-16-29)22(18-20)24(30)26-14-7-17-32-2/h8-13,18H,3-7,14-17H2,1-2H3,(H,26,30)(H2,27,28,31). The van der Waals surface area contributed by atoms with Crippen LogP contribution in [-0.4, -0.2) is 51.9 Å². The quantitative estimate of drug-likeness (QED) is 0.460. The number of carbonyl (C=O) groups is 2. The van der Waals surface area contributed by atoms with Gasteiger partial charge in [0.05, 0.1) is 12.2 Å². The number of rotatable bonds is 10. The van der Waals surface area contributed by atoms with Crippen LogP contribution in [0.5, 0.6) is 5.75 Å². The number of ether oxygens (including phenoxy) is 2. The second-order valence-electron chi connectivity index (χ2n) is 7.92. The number of urea groups is 1. The van der Waals surface area contributed by atoms with Gasteiger partial charge in [-0.15, -0.1) is 0 Å². The van der Waals surface area contributed by atoms with Gasteiger partial charge in [0.2, 0.25) is 0 Å². The normalized spacial score (nSPS) is 13.3. The molecule has 1 saturated heterocycles. The van der Waals surface area contributed by atoms with Gasteiger partial charge in [0.1, 0.15) is 5.75 Å². The average molecular weight is 455 g/mol. The highest BCUT2D eigenvalue weighted by Gasteiger charge is 2.19. The first-order valence-electron chi connectivity index (χ1n) is 11.6. The maximum absolute atomic E-state index is 13.0. The molecule has 178 valence electrons. The molecule has 0 aromatic heterocycles. The lowest BCUT2D eigenvalue weighted by molar-refractivity contribution is 0.0949. The molecular formula is C25H34N4O4. The number of anilines is 3. The molecule has 3 amide bonds. The van der Waals surface area contributed by atoms with Gasteiger partial charge < -0.3 is 30.3 Å². The fraction of sp³-hybridized carbons (Fsp3) is 0.440. The number of carbonyl (C=O) groups excluding carboxylic acids is 2. The zero-order valence-electron chi connectivity index (χ0n) is 19.5. The molecule has 1 aliphatic heterocycles. The topological polar surface area (TPSA) is 91.9 Å². The molecule has 0 atom stereocenters. The average Bonchev–Trinajstić information content (AvgIpc) is 2.83. The van der Waals surface area contributed by atoms with E-state index >= 15 is 0 Å². The second kappa shape index (κ2) is 12.7. The minimum atomic E-state index is -0.378. The molecule has 0 unspecified atom stereocenters. The number of amides is 3. The van der Waals surface area contributed by atoms with Crippen molar-refractivity contribution in [1.29, 1.82) is 0 Å². The summed E-state index contributed by atoms with van der Waals surface area (Å²) < 4.78 is 10.5. The van der Waals surface area contributed by atoms with E-state index in [1.165, 1.54) is 6.42 Å². The van der Waals surface area contributed by atoms with E-state index in [1.807, 2.05) is 19.1 Å². The summed E-state index contributed by atoms with van der Waals surface area (Å²) in [7, 11) is 1.64. The lowest BCUT2D eigenvalue weighted by Gasteiger charge is -2.30. The Labute approximate surface area is 195 Å². The van der Waals surface area contributed by atoms with Crippen molar-refractivity contribution in [3.05, 3.63) is 48.0 Å². The smallest absolute Gasteiger partial charge is 0.323 e. The van der Waals surface area contributed by atoms with Crippen LogP contribution >= 0.6 is 0 Å². The molecule has 8 nitrogen and oxygen atoms in total.